The van der Waals surface area contributed by atoms with E-state index >= 15 is 0 Å². The Morgan fingerprint density at radius 1 is 1.14 bits per heavy atom. The Hall–Kier alpha value is -1.53. The molecule has 0 aromatic heterocycles. The second-order valence-corrected chi connectivity index (χ2v) is 6.45. The molecule has 1 aromatic rings. The number of hydrogen-bond acceptors (Lipinski definition) is 4. The van der Waals surface area contributed by atoms with Gasteiger partial charge in [0.1, 0.15) is 12.4 Å². The van der Waals surface area contributed by atoms with E-state index in [2.05, 4.69) is 5.32 Å². The van der Waals surface area contributed by atoms with Crippen molar-refractivity contribution in [1.29, 1.82) is 0 Å². The highest BCUT2D eigenvalue weighted by Gasteiger charge is 2.51. The van der Waals surface area contributed by atoms with E-state index in [1.54, 1.807) is 6.07 Å². The molecule has 0 saturated carbocycles. The minimum Gasteiger partial charge on any atom is -0.491 e. The van der Waals surface area contributed by atoms with Crippen molar-refractivity contribution in [1.82, 2.24) is 5.32 Å². The predicted octanol–water partition coefficient (Wildman–Crippen LogP) is 1.11. The number of benzene rings is 1. The van der Waals surface area contributed by atoms with Crippen LogP contribution in [0.3, 0.4) is 0 Å². The number of ether oxygens (including phenoxy) is 1. The van der Waals surface area contributed by atoms with Crippen LogP contribution in [0.15, 0.2) is 18.2 Å². The zero-order valence-electron chi connectivity index (χ0n) is 12.9. The van der Waals surface area contributed by atoms with Crippen molar-refractivity contribution in [3.05, 3.63) is 23.8 Å². The number of amides is 1. The van der Waals surface area contributed by atoms with Crippen LogP contribution in [0.2, 0.25) is 0 Å². The van der Waals surface area contributed by atoms with Gasteiger partial charge >= 0.3 is 7.12 Å². The van der Waals surface area contributed by atoms with E-state index in [4.69, 9.17) is 14.0 Å². The summed E-state index contributed by atoms with van der Waals surface area (Å²) in [6.07, 6.45) is 0. The van der Waals surface area contributed by atoms with Gasteiger partial charge in [0, 0.05) is 0 Å². The molecule has 1 saturated heterocycles. The lowest BCUT2D eigenvalue weighted by atomic mass is 9.78. The summed E-state index contributed by atoms with van der Waals surface area (Å²) in [6, 6.07) is 5.45. The molecule has 0 aliphatic carbocycles. The fraction of sp³-hybridized carbons (Fsp3) is 0.533. The second-order valence-electron chi connectivity index (χ2n) is 6.45. The van der Waals surface area contributed by atoms with Crippen LogP contribution in [0.4, 0.5) is 0 Å². The van der Waals surface area contributed by atoms with Crippen molar-refractivity contribution < 1.29 is 18.8 Å². The third-order valence-electron chi connectivity index (χ3n) is 4.42. The van der Waals surface area contributed by atoms with Gasteiger partial charge < -0.3 is 19.4 Å². The maximum absolute atomic E-state index is 11.9. The van der Waals surface area contributed by atoms with Gasteiger partial charge in [0.2, 0.25) is 0 Å². The van der Waals surface area contributed by atoms with E-state index in [0.717, 1.165) is 5.46 Å². The van der Waals surface area contributed by atoms with E-state index in [1.807, 2.05) is 39.8 Å². The summed E-state index contributed by atoms with van der Waals surface area (Å²) in [4.78, 5) is 11.9. The quantitative estimate of drug-likeness (QED) is 0.787. The van der Waals surface area contributed by atoms with Crippen LogP contribution in [0.25, 0.3) is 0 Å². The lowest BCUT2D eigenvalue weighted by Crippen LogP contribution is -2.41. The van der Waals surface area contributed by atoms with E-state index in [9.17, 15) is 4.79 Å². The van der Waals surface area contributed by atoms with Gasteiger partial charge in [0.25, 0.3) is 5.91 Å². The lowest BCUT2D eigenvalue weighted by molar-refractivity contribution is 0.00578. The van der Waals surface area contributed by atoms with Crippen LogP contribution < -0.4 is 15.5 Å². The fourth-order valence-electron chi connectivity index (χ4n) is 2.39. The first-order chi connectivity index (χ1) is 9.80. The molecule has 0 bridgehead atoms. The van der Waals surface area contributed by atoms with Gasteiger partial charge in [-0.15, -0.1) is 0 Å². The Morgan fingerprint density at radius 3 is 2.48 bits per heavy atom. The van der Waals surface area contributed by atoms with Gasteiger partial charge in [-0.25, -0.2) is 0 Å². The molecule has 2 aliphatic heterocycles. The minimum atomic E-state index is -0.449. The molecular weight excluding hydrogens is 269 g/mol. The van der Waals surface area contributed by atoms with Crippen LogP contribution in [0.5, 0.6) is 5.75 Å². The number of carbonyl (C=O) groups is 1. The maximum Gasteiger partial charge on any atom is 0.494 e. The molecule has 0 atom stereocenters. The van der Waals surface area contributed by atoms with Crippen molar-refractivity contribution in [2.24, 2.45) is 0 Å². The monoisotopic (exact) mass is 289 g/mol. The third kappa shape index (κ3) is 2.42. The van der Waals surface area contributed by atoms with Crippen molar-refractivity contribution in [3.63, 3.8) is 0 Å². The first kappa shape index (κ1) is 14.4. The summed E-state index contributed by atoms with van der Waals surface area (Å²) in [5.41, 5.74) is 0.639. The van der Waals surface area contributed by atoms with Crippen LogP contribution in [0.1, 0.15) is 38.1 Å². The van der Waals surface area contributed by atoms with Crippen LogP contribution in [0, 0.1) is 0 Å². The van der Waals surface area contributed by atoms with Crippen molar-refractivity contribution in [3.8, 4) is 5.75 Å². The number of fused-ring (bicyclic) bond motifs is 1. The normalized spacial score (nSPS) is 23.0. The predicted molar refractivity (Wildman–Crippen MR) is 80.0 cm³/mol. The average molecular weight is 289 g/mol. The van der Waals surface area contributed by atoms with Crippen molar-refractivity contribution in [2.45, 2.75) is 38.9 Å². The van der Waals surface area contributed by atoms with Gasteiger partial charge in [0.05, 0.1) is 23.3 Å². The number of carbonyl (C=O) groups excluding carboxylic acids is 1. The molecule has 2 heterocycles. The Balaban J connectivity index is 1.92. The highest BCUT2D eigenvalue weighted by molar-refractivity contribution is 6.62. The smallest absolute Gasteiger partial charge is 0.491 e. The van der Waals surface area contributed by atoms with E-state index in [1.165, 1.54) is 0 Å². The molecule has 2 aliphatic rings. The van der Waals surface area contributed by atoms with Gasteiger partial charge in [0.15, 0.2) is 0 Å². The third-order valence-corrected chi connectivity index (χ3v) is 4.42. The molecular formula is C15H20BNO4. The van der Waals surface area contributed by atoms with Gasteiger partial charge in [-0.2, -0.15) is 0 Å². The molecule has 1 amide bonds. The zero-order chi connectivity index (χ0) is 15.3. The van der Waals surface area contributed by atoms with Gasteiger partial charge in [-0.05, 0) is 45.3 Å². The molecule has 0 unspecified atom stereocenters. The summed E-state index contributed by atoms with van der Waals surface area (Å²) in [6.45, 7) is 9.03. The van der Waals surface area contributed by atoms with Crippen molar-refractivity contribution >= 4 is 18.5 Å². The molecule has 1 N–H and O–H groups in total. The van der Waals surface area contributed by atoms with E-state index < -0.39 is 7.12 Å². The Kier molecular flexibility index (Phi) is 3.26. The SMILES string of the molecule is CC1(C)OB(c2ccc3c(c2)OCCNC3=O)OC1(C)C. The molecule has 6 heteroatoms. The molecule has 0 radical (unpaired) electrons. The summed E-state index contributed by atoms with van der Waals surface area (Å²) in [5, 5.41) is 2.79. The summed E-state index contributed by atoms with van der Waals surface area (Å²) in [7, 11) is -0.449. The Labute approximate surface area is 125 Å². The first-order valence-corrected chi connectivity index (χ1v) is 7.21. The van der Waals surface area contributed by atoms with Crippen molar-refractivity contribution in [2.75, 3.05) is 13.2 Å². The standard InChI is InChI=1S/C15H20BNO4/c1-14(2)15(3,4)21-16(20-14)10-5-6-11-12(9-10)19-8-7-17-13(11)18/h5-6,9H,7-8H2,1-4H3,(H,17,18). The maximum atomic E-state index is 11.9. The molecule has 0 spiro atoms. The molecule has 1 aromatic carbocycles. The fourth-order valence-corrected chi connectivity index (χ4v) is 2.39. The molecule has 3 rings (SSSR count). The topological polar surface area (TPSA) is 56.8 Å². The Morgan fingerprint density at radius 2 is 1.81 bits per heavy atom. The van der Waals surface area contributed by atoms with Gasteiger partial charge in [-0.1, -0.05) is 6.07 Å². The molecule has 21 heavy (non-hydrogen) atoms. The van der Waals surface area contributed by atoms with Crippen LogP contribution >= 0.6 is 0 Å². The number of hydrogen-bond donors (Lipinski definition) is 1. The van der Waals surface area contributed by atoms with Crippen LogP contribution in [-0.4, -0.2) is 37.4 Å². The summed E-state index contributed by atoms with van der Waals surface area (Å²) < 4.78 is 17.7. The number of nitrogens with one attached hydrogen (secondary N) is 1. The highest BCUT2D eigenvalue weighted by atomic mass is 16.7. The Bertz CT molecular complexity index is 569. The first-order valence-electron chi connectivity index (χ1n) is 7.21. The average Bonchev–Trinajstić information content (AvgIpc) is 2.54. The van der Waals surface area contributed by atoms with E-state index in [-0.39, 0.29) is 17.1 Å². The summed E-state index contributed by atoms with van der Waals surface area (Å²) >= 11 is 0. The minimum absolute atomic E-state index is 0.108. The van der Waals surface area contributed by atoms with E-state index in [0.29, 0.717) is 24.5 Å². The summed E-state index contributed by atoms with van der Waals surface area (Å²) in [5.74, 6) is 0.472. The molecule has 5 nitrogen and oxygen atoms in total. The second kappa shape index (κ2) is 4.75. The largest absolute Gasteiger partial charge is 0.494 e. The molecule has 112 valence electrons. The van der Waals surface area contributed by atoms with Gasteiger partial charge in [-0.3, -0.25) is 4.79 Å². The molecule has 1 fully saturated rings. The zero-order valence-corrected chi connectivity index (χ0v) is 12.9. The highest BCUT2D eigenvalue weighted by Crippen LogP contribution is 2.36. The van der Waals surface area contributed by atoms with Crippen LogP contribution in [-0.2, 0) is 9.31 Å². The number of rotatable bonds is 1. The lowest BCUT2D eigenvalue weighted by Gasteiger charge is -2.32.